The van der Waals surface area contributed by atoms with E-state index in [-0.39, 0.29) is 6.03 Å². The Labute approximate surface area is 172 Å². The minimum Gasteiger partial charge on any atom is -0.496 e. The highest BCUT2D eigenvalue weighted by Gasteiger charge is 2.25. The van der Waals surface area contributed by atoms with Crippen LogP contribution in [-0.2, 0) is 23.1 Å². The number of carbonyl (C=O) groups excluding carboxylic acids is 1. The van der Waals surface area contributed by atoms with Crippen molar-refractivity contribution in [2.24, 2.45) is 0 Å². The molecule has 1 heterocycles. The van der Waals surface area contributed by atoms with Crippen LogP contribution in [0.1, 0.15) is 30.4 Å². The minimum absolute atomic E-state index is 0.295. The first-order chi connectivity index (χ1) is 14.0. The number of nitrogens with one attached hydrogen (secondary N) is 2. The fourth-order valence-corrected chi connectivity index (χ4v) is 4.82. The van der Waals surface area contributed by atoms with Crippen molar-refractivity contribution in [3.05, 3.63) is 59.7 Å². The zero-order chi connectivity index (χ0) is 20.7. The van der Waals surface area contributed by atoms with Crippen LogP contribution >= 0.6 is 0 Å². The van der Waals surface area contributed by atoms with E-state index < -0.39 is 10.0 Å². The van der Waals surface area contributed by atoms with Gasteiger partial charge in [-0.3, -0.25) is 0 Å². The maximum atomic E-state index is 12.7. The predicted octanol–water partition coefficient (Wildman–Crippen LogP) is 2.87. The van der Waals surface area contributed by atoms with Crippen LogP contribution in [-0.4, -0.2) is 39.0 Å². The Balaban J connectivity index is 1.51. The number of methoxy groups -OCH3 is 1. The Morgan fingerprint density at radius 3 is 2.31 bits per heavy atom. The smallest absolute Gasteiger partial charge is 0.315 e. The van der Waals surface area contributed by atoms with Crippen LogP contribution in [0.5, 0.6) is 5.75 Å². The van der Waals surface area contributed by atoms with Gasteiger partial charge in [0.05, 0.1) is 12.0 Å². The average Bonchev–Trinajstić information content (AvgIpc) is 2.77. The summed E-state index contributed by atoms with van der Waals surface area (Å²) in [5.41, 5.74) is 1.72. The van der Waals surface area contributed by atoms with Gasteiger partial charge in [0, 0.05) is 31.7 Å². The van der Waals surface area contributed by atoms with Gasteiger partial charge in [-0.25, -0.2) is 13.2 Å². The third kappa shape index (κ3) is 5.48. The standard InChI is InChI=1S/C21H27N3O4S/c1-28-20-8-4-3-7-18(20)16-23-21(25)22-15-17-9-11-19(12-10-17)29(26,27)24-13-5-2-6-14-24/h3-4,7-12H,2,5-6,13-16H2,1H3,(H2,22,23,25). The molecule has 2 aromatic rings. The molecule has 2 N–H and O–H groups in total. The number of carbonyl (C=O) groups is 1. The average molecular weight is 418 g/mol. The zero-order valence-corrected chi connectivity index (χ0v) is 17.4. The van der Waals surface area contributed by atoms with Crippen molar-refractivity contribution in [3.63, 3.8) is 0 Å². The summed E-state index contributed by atoms with van der Waals surface area (Å²) in [6.07, 6.45) is 2.89. The van der Waals surface area contributed by atoms with Gasteiger partial charge in [0.15, 0.2) is 0 Å². The van der Waals surface area contributed by atoms with Gasteiger partial charge in [-0.2, -0.15) is 4.31 Å². The topological polar surface area (TPSA) is 87.7 Å². The van der Waals surface area contributed by atoms with Crippen LogP contribution in [0, 0.1) is 0 Å². The summed E-state index contributed by atoms with van der Waals surface area (Å²) >= 11 is 0. The van der Waals surface area contributed by atoms with Gasteiger partial charge < -0.3 is 15.4 Å². The molecule has 0 aliphatic carbocycles. The highest BCUT2D eigenvalue weighted by molar-refractivity contribution is 7.89. The van der Waals surface area contributed by atoms with Crippen LogP contribution in [0.15, 0.2) is 53.4 Å². The summed E-state index contributed by atoms with van der Waals surface area (Å²) in [4.78, 5) is 12.4. The van der Waals surface area contributed by atoms with Crippen LogP contribution in [0.2, 0.25) is 0 Å². The molecule has 0 atom stereocenters. The number of ether oxygens (including phenoxy) is 1. The van der Waals surface area contributed by atoms with Gasteiger partial charge >= 0.3 is 6.03 Å². The monoisotopic (exact) mass is 417 g/mol. The Bertz CT molecular complexity index is 923. The van der Waals surface area contributed by atoms with Gasteiger partial charge in [0.1, 0.15) is 5.75 Å². The molecule has 29 heavy (non-hydrogen) atoms. The molecule has 2 amide bonds. The molecule has 0 spiro atoms. The second kappa shape index (κ2) is 9.76. The Morgan fingerprint density at radius 2 is 1.62 bits per heavy atom. The van der Waals surface area contributed by atoms with Gasteiger partial charge in [0.2, 0.25) is 10.0 Å². The lowest BCUT2D eigenvalue weighted by atomic mass is 10.2. The van der Waals surface area contributed by atoms with Crippen molar-refractivity contribution in [2.45, 2.75) is 37.2 Å². The summed E-state index contributed by atoms with van der Waals surface area (Å²) in [5, 5.41) is 5.57. The van der Waals surface area contributed by atoms with Crippen LogP contribution < -0.4 is 15.4 Å². The molecule has 0 saturated carbocycles. The van der Waals surface area contributed by atoms with E-state index in [1.807, 2.05) is 24.3 Å². The first-order valence-electron chi connectivity index (χ1n) is 9.73. The van der Waals surface area contributed by atoms with E-state index in [1.54, 1.807) is 35.7 Å². The highest BCUT2D eigenvalue weighted by Crippen LogP contribution is 2.21. The largest absolute Gasteiger partial charge is 0.496 e. The SMILES string of the molecule is COc1ccccc1CNC(=O)NCc1ccc(S(=O)(=O)N2CCCCC2)cc1. The number of para-hydroxylation sites is 1. The van der Waals surface area contributed by atoms with Crippen molar-refractivity contribution in [1.29, 1.82) is 0 Å². The number of hydrogen-bond donors (Lipinski definition) is 2. The van der Waals surface area contributed by atoms with Crippen molar-refractivity contribution in [2.75, 3.05) is 20.2 Å². The fourth-order valence-electron chi connectivity index (χ4n) is 3.30. The number of urea groups is 1. The van der Waals surface area contributed by atoms with E-state index >= 15 is 0 Å². The van der Waals surface area contributed by atoms with E-state index in [9.17, 15) is 13.2 Å². The van der Waals surface area contributed by atoms with Crippen molar-refractivity contribution in [1.82, 2.24) is 14.9 Å². The van der Waals surface area contributed by atoms with Crippen molar-refractivity contribution >= 4 is 16.1 Å². The minimum atomic E-state index is -3.43. The molecule has 0 radical (unpaired) electrons. The molecule has 0 unspecified atom stereocenters. The number of rotatable bonds is 7. The normalized spacial score (nSPS) is 14.9. The number of amides is 2. The second-order valence-corrected chi connectivity index (χ2v) is 8.89. The van der Waals surface area contributed by atoms with Crippen LogP contribution in [0.4, 0.5) is 4.79 Å². The lowest BCUT2D eigenvalue weighted by Gasteiger charge is -2.25. The Morgan fingerprint density at radius 1 is 0.966 bits per heavy atom. The molecule has 8 heteroatoms. The van der Waals surface area contributed by atoms with E-state index in [0.29, 0.717) is 31.1 Å². The summed E-state index contributed by atoms with van der Waals surface area (Å²) in [7, 11) is -1.84. The molecular weight excluding hydrogens is 390 g/mol. The third-order valence-corrected chi connectivity index (χ3v) is 6.87. The molecule has 1 aliphatic rings. The summed E-state index contributed by atoms with van der Waals surface area (Å²) in [5.74, 6) is 0.721. The Hall–Kier alpha value is -2.58. The molecule has 156 valence electrons. The lowest BCUT2D eigenvalue weighted by molar-refractivity contribution is 0.240. The first kappa shape index (κ1) is 21.1. The maximum Gasteiger partial charge on any atom is 0.315 e. The van der Waals surface area contributed by atoms with E-state index in [2.05, 4.69) is 10.6 Å². The highest BCUT2D eigenvalue weighted by atomic mass is 32.2. The molecule has 3 rings (SSSR count). The summed E-state index contributed by atoms with van der Waals surface area (Å²) < 4.78 is 32.2. The molecule has 7 nitrogen and oxygen atoms in total. The fraction of sp³-hybridized carbons (Fsp3) is 0.381. The molecular formula is C21H27N3O4S. The molecule has 1 fully saturated rings. The van der Waals surface area contributed by atoms with Crippen LogP contribution in [0.25, 0.3) is 0 Å². The molecule has 0 aromatic heterocycles. The lowest BCUT2D eigenvalue weighted by Crippen LogP contribution is -2.35. The number of sulfonamides is 1. The quantitative estimate of drug-likeness (QED) is 0.725. The van der Waals surface area contributed by atoms with Gasteiger partial charge in [-0.15, -0.1) is 0 Å². The Kier molecular flexibility index (Phi) is 7.11. The molecule has 1 aliphatic heterocycles. The van der Waals surface area contributed by atoms with E-state index in [4.69, 9.17) is 4.74 Å². The summed E-state index contributed by atoms with van der Waals surface area (Å²) in [6, 6.07) is 13.9. The number of piperidine rings is 1. The van der Waals surface area contributed by atoms with E-state index in [1.165, 1.54) is 0 Å². The molecule has 0 bridgehead atoms. The first-order valence-corrected chi connectivity index (χ1v) is 11.2. The predicted molar refractivity (Wildman–Crippen MR) is 111 cm³/mol. The van der Waals surface area contributed by atoms with Gasteiger partial charge in [0.25, 0.3) is 0 Å². The zero-order valence-electron chi connectivity index (χ0n) is 16.6. The third-order valence-electron chi connectivity index (χ3n) is 4.96. The number of nitrogens with zero attached hydrogens (tertiary/aromatic N) is 1. The molecule has 2 aromatic carbocycles. The van der Waals surface area contributed by atoms with E-state index in [0.717, 1.165) is 36.1 Å². The van der Waals surface area contributed by atoms with Crippen molar-refractivity contribution in [3.8, 4) is 5.75 Å². The van der Waals surface area contributed by atoms with Crippen LogP contribution in [0.3, 0.4) is 0 Å². The van der Waals surface area contributed by atoms with Gasteiger partial charge in [-0.05, 0) is 36.6 Å². The second-order valence-electron chi connectivity index (χ2n) is 6.96. The number of benzene rings is 2. The van der Waals surface area contributed by atoms with Gasteiger partial charge in [-0.1, -0.05) is 36.8 Å². The maximum absolute atomic E-state index is 12.7. The van der Waals surface area contributed by atoms with Crippen molar-refractivity contribution < 1.29 is 17.9 Å². The molecule has 1 saturated heterocycles. The summed E-state index contributed by atoms with van der Waals surface area (Å²) in [6.45, 7) is 1.82. The number of hydrogen-bond acceptors (Lipinski definition) is 4.